The molecule has 1 atom stereocenters. The normalized spacial score (nSPS) is 19.6. The molecular weight excluding hydrogens is 250 g/mol. The number of hydrogen-bond acceptors (Lipinski definition) is 3. The van der Waals surface area contributed by atoms with E-state index < -0.39 is 0 Å². The standard InChI is InChI=1S/C16H25N3O/c1-18(2)16(20)14-7-4-8-15(10-14)17-11-13-6-5-9-19(3)12-13/h4,7-8,10,13,17H,5-6,9,11-12H2,1-3H3. The minimum Gasteiger partial charge on any atom is -0.385 e. The first-order chi connectivity index (χ1) is 9.56. The Kier molecular flexibility index (Phi) is 5.01. The number of nitrogens with one attached hydrogen (secondary N) is 1. The number of carbonyl (C=O) groups is 1. The molecule has 2 rings (SSSR count). The molecule has 4 nitrogen and oxygen atoms in total. The molecule has 1 saturated heterocycles. The summed E-state index contributed by atoms with van der Waals surface area (Å²) >= 11 is 0. The van der Waals surface area contributed by atoms with Gasteiger partial charge in [0.1, 0.15) is 0 Å². The quantitative estimate of drug-likeness (QED) is 0.914. The van der Waals surface area contributed by atoms with Crippen LogP contribution in [0.15, 0.2) is 24.3 Å². The first-order valence-corrected chi connectivity index (χ1v) is 7.30. The van der Waals surface area contributed by atoms with Crippen molar-refractivity contribution in [1.29, 1.82) is 0 Å². The average molecular weight is 275 g/mol. The van der Waals surface area contributed by atoms with E-state index in [0.717, 1.165) is 24.3 Å². The van der Waals surface area contributed by atoms with Gasteiger partial charge in [0.15, 0.2) is 0 Å². The van der Waals surface area contributed by atoms with Gasteiger partial charge in [-0.05, 0) is 50.6 Å². The molecule has 20 heavy (non-hydrogen) atoms. The molecule has 4 heteroatoms. The third kappa shape index (κ3) is 3.97. The van der Waals surface area contributed by atoms with Crippen LogP contribution in [0.1, 0.15) is 23.2 Å². The number of amides is 1. The number of nitrogens with zero attached hydrogens (tertiary/aromatic N) is 2. The van der Waals surface area contributed by atoms with Gasteiger partial charge in [0.2, 0.25) is 0 Å². The summed E-state index contributed by atoms with van der Waals surface area (Å²) in [6.45, 7) is 3.34. The van der Waals surface area contributed by atoms with Crippen molar-refractivity contribution in [3.05, 3.63) is 29.8 Å². The number of piperidine rings is 1. The topological polar surface area (TPSA) is 35.6 Å². The second-order valence-corrected chi connectivity index (χ2v) is 5.93. The lowest BCUT2D eigenvalue weighted by atomic mass is 9.98. The van der Waals surface area contributed by atoms with Gasteiger partial charge >= 0.3 is 0 Å². The minimum absolute atomic E-state index is 0.0473. The lowest BCUT2D eigenvalue weighted by molar-refractivity contribution is 0.0827. The van der Waals surface area contributed by atoms with Crippen molar-refractivity contribution in [1.82, 2.24) is 9.80 Å². The zero-order valence-electron chi connectivity index (χ0n) is 12.7. The summed E-state index contributed by atoms with van der Waals surface area (Å²) in [7, 11) is 5.74. The van der Waals surface area contributed by atoms with Crippen LogP contribution >= 0.6 is 0 Å². The Hall–Kier alpha value is -1.55. The van der Waals surface area contributed by atoms with Crippen LogP contribution in [0.3, 0.4) is 0 Å². The van der Waals surface area contributed by atoms with Crippen molar-refractivity contribution in [2.75, 3.05) is 46.1 Å². The van der Waals surface area contributed by atoms with Gasteiger partial charge in [0, 0.05) is 38.4 Å². The molecule has 1 unspecified atom stereocenters. The fraction of sp³-hybridized carbons (Fsp3) is 0.562. The Morgan fingerprint density at radius 1 is 1.45 bits per heavy atom. The van der Waals surface area contributed by atoms with Gasteiger partial charge < -0.3 is 15.1 Å². The van der Waals surface area contributed by atoms with Crippen LogP contribution in [-0.4, -0.2) is 56.5 Å². The summed E-state index contributed by atoms with van der Waals surface area (Å²) in [5.74, 6) is 0.744. The molecule has 0 spiro atoms. The number of likely N-dealkylation sites (tertiary alicyclic amines) is 1. The highest BCUT2D eigenvalue weighted by molar-refractivity contribution is 5.94. The van der Waals surface area contributed by atoms with Crippen LogP contribution < -0.4 is 5.32 Å². The smallest absolute Gasteiger partial charge is 0.253 e. The summed E-state index contributed by atoms with van der Waals surface area (Å²) in [4.78, 5) is 15.9. The molecule has 0 radical (unpaired) electrons. The third-order valence-electron chi connectivity index (χ3n) is 3.83. The van der Waals surface area contributed by atoms with Crippen LogP contribution in [0.2, 0.25) is 0 Å². The van der Waals surface area contributed by atoms with Crippen LogP contribution in [0.5, 0.6) is 0 Å². The Morgan fingerprint density at radius 2 is 2.25 bits per heavy atom. The molecule has 1 fully saturated rings. The summed E-state index contributed by atoms with van der Waals surface area (Å²) in [5, 5.41) is 3.47. The number of anilines is 1. The van der Waals surface area contributed by atoms with Crippen LogP contribution in [0, 0.1) is 5.92 Å². The van der Waals surface area contributed by atoms with E-state index >= 15 is 0 Å². The maximum absolute atomic E-state index is 11.9. The molecule has 0 aliphatic carbocycles. The Balaban J connectivity index is 1.93. The predicted octanol–water partition coefficient (Wildman–Crippen LogP) is 2.14. The van der Waals surface area contributed by atoms with E-state index in [9.17, 15) is 4.79 Å². The molecule has 1 aromatic rings. The molecule has 0 bridgehead atoms. The van der Waals surface area contributed by atoms with Crippen molar-refractivity contribution in [3.63, 3.8) is 0 Å². The molecule has 1 aliphatic rings. The van der Waals surface area contributed by atoms with Gasteiger partial charge in [-0.3, -0.25) is 4.79 Å². The van der Waals surface area contributed by atoms with E-state index in [1.165, 1.54) is 19.4 Å². The van der Waals surface area contributed by atoms with E-state index in [1.54, 1.807) is 19.0 Å². The second kappa shape index (κ2) is 6.75. The second-order valence-electron chi connectivity index (χ2n) is 5.93. The van der Waals surface area contributed by atoms with Crippen LogP contribution in [0.4, 0.5) is 5.69 Å². The summed E-state index contributed by atoms with van der Waals surface area (Å²) in [5.41, 5.74) is 1.77. The maximum atomic E-state index is 11.9. The summed E-state index contributed by atoms with van der Waals surface area (Å²) in [6.07, 6.45) is 2.57. The molecule has 0 saturated carbocycles. The number of hydrogen-bond donors (Lipinski definition) is 1. The van der Waals surface area contributed by atoms with Gasteiger partial charge in [-0.15, -0.1) is 0 Å². The SMILES string of the molecule is CN1CCCC(CNc2cccc(C(=O)N(C)C)c2)C1. The monoisotopic (exact) mass is 275 g/mol. The lowest BCUT2D eigenvalue weighted by Crippen LogP contribution is -2.35. The molecular formula is C16H25N3O. The number of benzene rings is 1. The Bertz CT molecular complexity index is 459. The lowest BCUT2D eigenvalue weighted by Gasteiger charge is -2.30. The van der Waals surface area contributed by atoms with Gasteiger partial charge in [-0.2, -0.15) is 0 Å². The fourth-order valence-electron chi connectivity index (χ4n) is 2.72. The minimum atomic E-state index is 0.0473. The zero-order valence-corrected chi connectivity index (χ0v) is 12.7. The summed E-state index contributed by atoms with van der Waals surface area (Å²) in [6, 6.07) is 7.77. The van der Waals surface area contributed by atoms with E-state index in [2.05, 4.69) is 17.3 Å². The van der Waals surface area contributed by atoms with Gasteiger partial charge in [0.25, 0.3) is 5.91 Å². The Morgan fingerprint density at radius 3 is 2.95 bits per heavy atom. The van der Waals surface area contributed by atoms with Crippen molar-refractivity contribution >= 4 is 11.6 Å². The third-order valence-corrected chi connectivity index (χ3v) is 3.83. The van der Waals surface area contributed by atoms with E-state index in [1.807, 2.05) is 24.3 Å². The molecule has 1 aromatic carbocycles. The highest BCUT2D eigenvalue weighted by atomic mass is 16.2. The molecule has 0 aromatic heterocycles. The predicted molar refractivity (Wildman–Crippen MR) is 83.2 cm³/mol. The van der Waals surface area contributed by atoms with Crippen molar-refractivity contribution in [2.24, 2.45) is 5.92 Å². The molecule has 1 aliphatic heterocycles. The molecule has 1 N–H and O–H groups in total. The van der Waals surface area contributed by atoms with Crippen molar-refractivity contribution in [2.45, 2.75) is 12.8 Å². The van der Waals surface area contributed by atoms with Gasteiger partial charge in [0.05, 0.1) is 0 Å². The first kappa shape index (κ1) is 14.9. The highest BCUT2D eigenvalue weighted by Gasteiger charge is 2.16. The van der Waals surface area contributed by atoms with Crippen LogP contribution in [-0.2, 0) is 0 Å². The fourth-order valence-corrected chi connectivity index (χ4v) is 2.72. The summed E-state index contributed by atoms with van der Waals surface area (Å²) < 4.78 is 0. The highest BCUT2D eigenvalue weighted by Crippen LogP contribution is 2.17. The van der Waals surface area contributed by atoms with Crippen molar-refractivity contribution in [3.8, 4) is 0 Å². The largest absolute Gasteiger partial charge is 0.385 e. The average Bonchev–Trinajstić information content (AvgIpc) is 2.44. The maximum Gasteiger partial charge on any atom is 0.253 e. The van der Waals surface area contributed by atoms with E-state index in [0.29, 0.717) is 5.92 Å². The first-order valence-electron chi connectivity index (χ1n) is 7.30. The Labute approximate surface area is 121 Å². The molecule has 1 heterocycles. The van der Waals surface area contributed by atoms with E-state index in [4.69, 9.17) is 0 Å². The molecule has 1 amide bonds. The van der Waals surface area contributed by atoms with Gasteiger partial charge in [-0.1, -0.05) is 6.07 Å². The van der Waals surface area contributed by atoms with Gasteiger partial charge in [-0.25, -0.2) is 0 Å². The van der Waals surface area contributed by atoms with Crippen LogP contribution in [0.25, 0.3) is 0 Å². The molecule has 110 valence electrons. The van der Waals surface area contributed by atoms with E-state index in [-0.39, 0.29) is 5.91 Å². The number of carbonyl (C=O) groups excluding carboxylic acids is 1. The zero-order chi connectivity index (χ0) is 14.5. The number of rotatable bonds is 4. The van der Waals surface area contributed by atoms with Crippen molar-refractivity contribution < 1.29 is 4.79 Å².